The van der Waals surface area contributed by atoms with Crippen molar-refractivity contribution < 1.29 is 9.18 Å². The zero-order valence-electron chi connectivity index (χ0n) is 9.65. The average molecular weight is 281 g/mol. The molecular weight excluding hydrogens is 271 g/mol. The zero-order valence-corrected chi connectivity index (χ0v) is 10.4. The van der Waals surface area contributed by atoms with Crippen molar-refractivity contribution in [2.45, 2.75) is 0 Å². The molecule has 0 radical (unpaired) electrons. The fourth-order valence-corrected chi connectivity index (χ4v) is 1.58. The second kappa shape index (κ2) is 5.64. The Hall–Kier alpha value is -2.18. The Kier molecular flexibility index (Phi) is 3.94. The van der Waals surface area contributed by atoms with Crippen LogP contribution in [0.1, 0.15) is 10.4 Å². The standard InChI is InChI=1S/C12H10ClFN4O/c13-8-2-1-3-9(11(8)14)17-12(19)7-4-5-10(18-15)16-6-7/h1-6H,15H2,(H,16,18)(H,17,19). The number of hydrogen-bond acceptors (Lipinski definition) is 4. The number of rotatable bonds is 3. The van der Waals surface area contributed by atoms with Crippen LogP contribution in [0.5, 0.6) is 0 Å². The number of nitrogens with two attached hydrogens (primary N) is 1. The Morgan fingerprint density at radius 2 is 2.11 bits per heavy atom. The van der Waals surface area contributed by atoms with Gasteiger partial charge in [0, 0.05) is 6.20 Å². The van der Waals surface area contributed by atoms with E-state index in [1.165, 1.54) is 30.5 Å². The smallest absolute Gasteiger partial charge is 0.257 e. The summed E-state index contributed by atoms with van der Waals surface area (Å²) in [5, 5.41) is 2.36. The summed E-state index contributed by atoms with van der Waals surface area (Å²) in [5.41, 5.74) is 2.63. The molecule has 4 N–H and O–H groups in total. The predicted molar refractivity (Wildman–Crippen MR) is 71.4 cm³/mol. The average Bonchev–Trinajstić information content (AvgIpc) is 2.44. The Balaban J connectivity index is 2.18. The normalized spacial score (nSPS) is 10.1. The fourth-order valence-electron chi connectivity index (χ4n) is 1.41. The van der Waals surface area contributed by atoms with Crippen LogP contribution in [0.15, 0.2) is 36.5 Å². The molecule has 1 aromatic heterocycles. The topological polar surface area (TPSA) is 80.0 Å². The third kappa shape index (κ3) is 2.98. The van der Waals surface area contributed by atoms with Gasteiger partial charge in [-0.25, -0.2) is 15.2 Å². The monoisotopic (exact) mass is 280 g/mol. The minimum absolute atomic E-state index is 0.0125. The number of halogens is 2. The Labute approximate surface area is 113 Å². The third-order valence-corrected chi connectivity index (χ3v) is 2.67. The molecule has 2 aromatic rings. The second-order valence-electron chi connectivity index (χ2n) is 3.63. The molecular formula is C12H10ClFN4O. The van der Waals surface area contributed by atoms with Gasteiger partial charge in [-0.15, -0.1) is 0 Å². The molecule has 1 amide bonds. The highest BCUT2D eigenvalue weighted by Crippen LogP contribution is 2.22. The fraction of sp³-hybridized carbons (Fsp3) is 0. The van der Waals surface area contributed by atoms with E-state index in [0.29, 0.717) is 5.82 Å². The van der Waals surface area contributed by atoms with Crippen molar-refractivity contribution in [1.82, 2.24) is 4.98 Å². The number of carbonyl (C=O) groups excluding carboxylic acids is 1. The van der Waals surface area contributed by atoms with Gasteiger partial charge in [0.25, 0.3) is 5.91 Å². The number of nitrogens with one attached hydrogen (secondary N) is 2. The summed E-state index contributed by atoms with van der Waals surface area (Å²) in [6, 6.07) is 7.40. The molecule has 0 bridgehead atoms. The second-order valence-corrected chi connectivity index (χ2v) is 4.04. The van der Waals surface area contributed by atoms with E-state index in [1.807, 2.05) is 0 Å². The molecule has 0 unspecified atom stereocenters. The molecule has 0 spiro atoms. The highest BCUT2D eigenvalue weighted by atomic mass is 35.5. The number of amides is 1. The minimum atomic E-state index is -0.675. The molecule has 0 aliphatic rings. The first kappa shape index (κ1) is 13.3. The van der Waals surface area contributed by atoms with Crippen molar-refractivity contribution in [1.29, 1.82) is 0 Å². The summed E-state index contributed by atoms with van der Waals surface area (Å²) in [4.78, 5) is 15.7. The van der Waals surface area contributed by atoms with Crippen molar-refractivity contribution in [3.63, 3.8) is 0 Å². The van der Waals surface area contributed by atoms with E-state index in [2.05, 4.69) is 15.7 Å². The van der Waals surface area contributed by atoms with Gasteiger partial charge in [0.2, 0.25) is 0 Å². The number of nitrogens with zero attached hydrogens (tertiary/aromatic N) is 1. The van der Waals surface area contributed by atoms with Crippen LogP contribution in [-0.4, -0.2) is 10.9 Å². The summed E-state index contributed by atoms with van der Waals surface area (Å²) < 4.78 is 13.6. The van der Waals surface area contributed by atoms with Crippen LogP contribution in [0, 0.1) is 5.82 Å². The molecule has 19 heavy (non-hydrogen) atoms. The van der Waals surface area contributed by atoms with E-state index >= 15 is 0 Å². The summed E-state index contributed by atoms with van der Waals surface area (Å²) in [7, 11) is 0. The predicted octanol–water partition coefficient (Wildman–Crippen LogP) is 2.41. The molecule has 1 aromatic carbocycles. The van der Waals surface area contributed by atoms with E-state index < -0.39 is 11.7 Å². The first-order valence-electron chi connectivity index (χ1n) is 5.30. The van der Waals surface area contributed by atoms with E-state index in [4.69, 9.17) is 17.4 Å². The van der Waals surface area contributed by atoms with Crippen LogP contribution in [-0.2, 0) is 0 Å². The van der Waals surface area contributed by atoms with E-state index in [-0.39, 0.29) is 16.3 Å². The van der Waals surface area contributed by atoms with Crippen molar-refractivity contribution in [2.75, 3.05) is 10.7 Å². The number of carbonyl (C=O) groups is 1. The van der Waals surface area contributed by atoms with Crippen molar-refractivity contribution >= 4 is 29.0 Å². The van der Waals surface area contributed by atoms with Crippen LogP contribution in [0.4, 0.5) is 15.9 Å². The number of hydrogen-bond donors (Lipinski definition) is 3. The molecule has 0 saturated heterocycles. The van der Waals surface area contributed by atoms with E-state index in [0.717, 1.165) is 0 Å². The highest BCUT2D eigenvalue weighted by Gasteiger charge is 2.11. The Morgan fingerprint density at radius 1 is 1.32 bits per heavy atom. The Bertz CT molecular complexity index is 603. The summed E-state index contributed by atoms with van der Waals surface area (Å²) in [6.45, 7) is 0. The lowest BCUT2D eigenvalue weighted by Crippen LogP contribution is -2.14. The van der Waals surface area contributed by atoms with Gasteiger partial charge in [0.1, 0.15) is 5.82 Å². The van der Waals surface area contributed by atoms with E-state index in [1.54, 1.807) is 6.07 Å². The molecule has 0 fully saturated rings. The first-order chi connectivity index (χ1) is 9.11. The van der Waals surface area contributed by atoms with Gasteiger partial charge in [-0.1, -0.05) is 17.7 Å². The van der Waals surface area contributed by atoms with Crippen LogP contribution in [0.3, 0.4) is 0 Å². The van der Waals surface area contributed by atoms with Gasteiger partial charge in [-0.05, 0) is 24.3 Å². The van der Waals surface area contributed by atoms with Crippen LogP contribution in [0.2, 0.25) is 5.02 Å². The minimum Gasteiger partial charge on any atom is -0.319 e. The van der Waals surface area contributed by atoms with Gasteiger partial charge in [-0.2, -0.15) is 0 Å². The lowest BCUT2D eigenvalue weighted by atomic mass is 10.2. The number of aromatic nitrogens is 1. The van der Waals surface area contributed by atoms with Gasteiger partial charge in [0.15, 0.2) is 5.82 Å². The summed E-state index contributed by atoms with van der Waals surface area (Å²) in [6.07, 6.45) is 1.33. The number of anilines is 2. The molecule has 2 rings (SSSR count). The zero-order chi connectivity index (χ0) is 13.8. The van der Waals surface area contributed by atoms with Gasteiger partial charge < -0.3 is 10.7 Å². The maximum Gasteiger partial charge on any atom is 0.257 e. The van der Waals surface area contributed by atoms with Crippen LogP contribution < -0.4 is 16.6 Å². The van der Waals surface area contributed by atoms with Crippen molar-refractivity contribution in [3.05, 3.63) is 52.9 Å². The van der Waals surface area contributed by atoms with Gasteiger partial charge in [-0.3, -0.25) is 4.79 Å². The lowest BCUT2D eigenvalue weighted by Gasteiger charge is -2.07. The Morgan fingerprint density at radius 3 is 2.74 bits per heavy atom. The van der Waals surface area contributed by atoms with Crippen molar-refractivity contribution in [3.8, 4) is 0 Å². The van der Waals surface area contributed by atoms with Crippen molar-refractivity contribution in [2.24, 2.45) is 5.84 Å². The molecule has 0 atom stereocenters. The molecule has 0 aliphatic heterocycles. The van der Waals surface area contributed by atoms with Gasteiger partial charge >= 0.3 is 0 Å². The maximum atomic E-state index is 13.6. The molecule has 1 heterocycles. The summed E-state index contributed by atoms with van der Waals surface area (Å²) in [5.74, 6) is 4.42. The number of benzene rings is 1. The summed E-state index contributed by atoms with van der Waals surface area (Å²) >= 11 is 5.62. The molecule has 0 aliphatic carbocycles. The largest absolute Gasteiger partial charge is 0.319 e. The SMILES string of the molecule is NNc1ccc(C(=O)Nc2cccc(Cl)c2F)cn1. The third-order valence-electron chi connectivity index (χ3n) is 2.37. The number of pyridine rings is 1. The number of hydrazine groups is 1. The maximum absolute atomic E-state index is 13.6. The first-order valence-corrected chi connectivity index (χ1v) is 5.67. The van der Waals surface area contributed by atoms with Crippen LogP contribution >= 0.6 is 11.6 Å². The molecule has 0 saturated carbocycles. The number of nitrogen functional groups attached to an aromatic ring is 1. The van der Waals surface area contributed by atoms with Gasteiger partial charge in [0.05, 0.1) is 16.3 Å². The highest BCUT2D eigenvalue weighted by molar-refractivity contribution is 6.31. The van der Waals surface area contributed by atoms with E-state index in [9.17, 15) is 9.18 Å². The molecule has 98 valence electrons. The molecule has 7 heteroatoms. The van der Waals surface area contributed by atoms with Crippen LogP contribution in [0.25, 0.3) is 0 Å². The lowest BCUT2D eigenvalue weighted by molar-refractivity contribution is 0.102. The molecule has 5 nitrogen and oxygen atoms in total. The quantitative estimate of drug-likeness (QED) is 0.596.